The van der Waals surface area contributed by atoms with E-state index >= 15 is 0 Å². The summed E-state index contributed by atoms with van der Waals surface area (Å²) in [6.07, 6.45) is 0. The standard InChI is InChI=1S/C27H27BO3/c1-25(2)20-14-13-18-17-9-7-8-10-22(17)29-24(18)23(20)19-12-11-16(15-21(19)25)28-30-26(3,4)27(5,6)31-28/h7-15H,1-6H3. The van der Waals surface area contributed by atoms with Crippen LogP contribution in [0.25, 0.3) is 33.1 Å². The van der Waals surface area contributed by atoms with Gasteiger partial charge in [-0.05, 0) is 55.9 Å². The fourth-order valence-electron chi connectivity index (χ4n) is 5.14. The molecular formula is C27H27BO3. The molecule has 4 heteroatoms. The van der Waals surface area contributed by atoms with Gasteiger partial charge in [0.05, 0.1) is 11.2 Å². The van der Waals surface area contributed by atoms with Gasteiger partial charge >= 0.3 is 7.12 Å². The van der Waals surface area contributed by atoms with Gasteiger partial charge in [0.15, 0.2) is 0 Å². The van der Waals surface area contributed by atoms with E-state index in [-0.39, 0.29) is 23.7 Å². The number of rotatable bonds is 1. The fourth-order valence-corrected chi connectivity index (χ4v) is 5.14. The Kier molecular flexibility index (Phi) is 3.59. The van der Waals surface area contributed by atoms with E-state index in [0.29, 0.717) is 0 Å². The first-order valence-corrected chi connectivity index (χ1v) is 11.1. The molecular weight excluding hydrogens is 383 g/mol. The zero-order chi connectivity index (χ0) is 21.8. The molecule has 0 spiro atoms. The molecule has 6 rings (SSSR count). The molecule has 0 unspecified atom stereocenters. The summed E-state index contributed by atoms with van der Waals surface area (Å²) in [7, 11) is -0.360. The maximum Gasteiger partial charge on any atom is 0.494 e. The van der Waals surface area contributed by atoms with Crippen molar-refractivity contribution in [2.24, 2.45) is 0 Å². The van der Waals surface area contributed by atoms with Crippen molar-refractivity contribution in [3.8, 4) is 11.1 Å². The van der Waals surface area contributed by atoms with Gasteiger partial charge in [-0.15, -0.1) is 0 Å². The molecule has 0 amide bonds. The summed E-state index contributed by atoms with van der Waals surface area (Å²) < 4.78 is 19.0. The summed E-state index contributed by atoms with van der Waals surface area (Å²) in [6, 6.07) is 19.4. The van der Waals surface area contributed by atoms with Crippen molar-refractivity contribution >= 4 is 34.5 Å². The smallest absolute Gasteiger partial charge is 0.455 e. The van der Waals surface area contributed by atoms with Gasteiger partial charge in [-0.2, -0.15) is 0 Å². The van der Waals surface area contributed by atoms with Gasteiger partial charge in [0, 0.05) is 21.8 Å². The first kappa shape index (κ1) is 19.2. The van der Waals surface area contributed by atoms with Crippen LogP contribution in [-0.4, -0.2) is 18.3 Å². The van der Waals surface area contributed by atoms with E-state index in [2.05, 4.69) is 84.0 Å². The number of hydrogen-bond acceptors (Lipinski definition) is 3. The van der Waals surface area contributed by atoms with E-state index in [1.165, 1.54) is 33.0 Å². The van der Waals surface area contributed by atoms with Crippen LogP contribution >= 0.6 is 0 Å². The molecule has 1 saturated heterocycles. The van der Waals surface area contributed by atoms with Crippen LogP contribution in [0.4, 0.5) is 0 Å². The van der Waals surface area contributed by atoms with E-state index < -0.39 is 0 Å². The predicted molar refractivity (Wildman–Crippen MR) is 127 cm³/mol. The maximum absolute atomic E-state index is 6.38. The van der Waals surface area contributed by atoms with Crippen molar-refractivity contribution in [1.82, 2.24) is 0 Å². The minimum atomic E-state index is -0.360. The SMILES string of the molecule is CC1(C)c2cc(B3OC(C)(C)C(C)(C)O3)ccc2-c2c1ccc1c2oc2ccccc21. The lowest BCUT2D eigenvalue weighted by atomic mass is 9.74. The van der Waals surface area contributed by atoms with Gasteiger partial charge in [-0.1, -0.05) is 62.4 Å². The lowest BCUT2D eigenvalue weighted by molar-refractivity contribution is 0.00578. The number of hydrogen-bond donors (Lipinski definition) is 0. The Hall–Kier alpha value is -2.56. The predicted octanol–water partition coefficient (Wildman–Crippen LogP) is 6.19. The molecule has 3 nitrogen and oxygen atoms in total. The molecule has 0 radical (unpaired) electrons. The van der Waals surface area contributed by atoms with Crippen LogP contribution in [0, 0.1) is 0 Å². The lowest BCUT2D eigenvalue weighted by Crippen LogP contribution is -2.41. The normalized spacial score (nSPS) is 20.4. The Morgan fingerprint density at radius 3 is 2.16 bits per heavy atom. The van der Waals surface area contributed by atoms with E-state index in [4.69, 9.17) is 13.7 Å². The number of fused-ring (bicyclic) bond motifs is 7. The second-order valence-electron chi connectivity index (χ2n) is 10.5. The third-order valence-electron chi connectivity index (χ3n) is 7.73. The topological polar surface area (TPSA) is 31.6 Å². The molecule has 4 aromatic rings. The molecule has 1 aliphatic heterocycles. The molecule has 2 aliphatic rings. The largest absolute Gasteiger partial charge is 0.494 e. The van der Waals surface area contributed by atoms with Gasteiger partial charge < -0.3 is 13.7 Å². The van der Waals surface area contributed by atoms with E-state index in [0.717, 1.165) is 16.6 Å². The van der Waals surface area contributed by atoms with Crippen molar-refractivity contribution in [1.29, 1.82) is 0 Å². The minimum absolute atomic E-state index is 0.127. The Labute approximate surface area is 183 Å². The molecule has 2 heterocycles. The van der Waals surface area contributed by atoms with Crippen molar-refractivity contribution in [3.05, 3.63) is 65.7 Å². The number of para-hydroxylation sites is 1. The molecule has 1 aliphatic carbocycles. The van der Waals surface area contributed by atoms with Crippen LogP contribution in [0.15, 0.2) is 59.0 Å². The Balaban J connectivity index is 1.54. The summed E-state index contributed by atoms with van der Waals surface area (Å²) in [5, 5.41) is 2.34. The summed E-state index contributed by atoms with van der Waals surface area (Å²) in [4.78, 5) is 0. The third-order valence-corrected chi connectivity index (χ3v) is 7.73. The molecule has 0 bridgehead atoms. The van der Waals surface area contributed by atoms with E-state index in [1.807, 2.05) is 12.1 Å². The van der Waals surface area contributed by atoms with Gasteiger partial charge in [0.25, 0.3) is 0 Å². The zero-order valence-corrected chi connectivity index (χ0v) is 19.0. The molecule has 0 saturated carbocycles. The lowest BCUT2D eigenvalue weighted by Gasteiger charge is -2.32. The summed E-state index contributed by atoms with van der Waals surface area (Å²) >= 11 is 0. The average molecular weight is 410 g/mol. The second-order valence-corrected chi connectivity index (χ2v) is 10.5. The first-order chi connectivity index (χ1) is 14.6. The van der Waals surface area contributed by atoms with Gasteiger partial charge in [0.1, 0.15) is 11.2 Å². The van der Waals surface area contributed by atoms with Crippen LogP contribution in [0.3, 0.4) is 0 Å². The second kappa shape index (κ2) is 5.82. The fraction of sp³-hybridized carbons (Fsp3) is 0.333. The van der Waals surface area contributed by atoms with Crippen molar-refractivity contribution in [2.75, 3.05) is 0 Å². The maximum atomic E-state index is 6.38. The highest BCUT2D eigenvalue weighted by molar-refractivity contribution is 6.62. The molecule has 156 valence electrons. The molecule has 0 N–H and O–H groups in total. The first-order valence-electron chi connectivity index (χ1n) is 11.1. The highest BCUT2D eigenvalue weighted by atomic mass is 16.7. The third kappa shape index (κ3) is 2.43. The summed E-state index contributed by atoms with van der Waals surface area (Å²) in [6.45, 7) is 13.0. The summed E-state index contributed by atoms with van der Waals surface area (Å²) in [5.41, 5.74) is 7.21. The molecule has 31 heavy (non-hydrogen) atoms. The molecule has 1 aromatic heterocycles. The monoisotopic (exact) mass is 410 g/mol. The van der Waals surface area contributed by atoms with Gasteiger partial charge in [-0.3, -0.25) is 0 Å². The average Bonchev–Trinajstić information content (AvgIpc) is 3.28. The molecule has 3 aromatic carbocycles. The van der Waals surface area contributed by atoms with E-state index in [1.54, 1.807) is 0 Å². The number of benzene rings is 3. The Bertz CT molecular complexity index is 1360. The van der Waals surface area contributed by atoms with Crippen molar-refractivity contribution in [2.45, 2.75) is 58.2 Å². The highest BCUT2D eigenvalue weighted by Gasteiger charge is 2.52. The zero-order valence-electron chi connectivity index (χ0n) is 19.0. The highest BCUT2D eigenvalue weighted by Crippen LogP contribution is 2.52. The van der Waals surface area contributed by atoms with Crippen molar-refractivity contribution < 1.29 is 13.7 Å². The van der Waals surface area contributed by atoms with Gasteiger partial charge in [-0.25, -0.2) is 0 Å². The molecule has 1 fully saturated rings. The van der Waals surface area contributed by atoms with Crippen LogP contribution in [0.2, 0.25) is 0 Å². The summed E-state index contributed by atoms with van der Waals surface area (Å²) in [5.74, 6) is 0. The Morgan fingerprint density at radius 2 is 1.42 bits per heavy atom. The van der Waals surface area contributed by atoms with Crippen LogP contribution in [-0.2, 0) is 14.7 Å². The van der Waals surface area contributed by atoms with Gasteiger partial charge in [0.2, 0.25) is 0 Å². The quantitative estimate of drug-likeness (QED) is 0.351. The Morgan fingerprint density at radius 1 is 0.710 bits per heavy atom. The molecule has 0 atom stereocenters. The van der Waals surface area contributed by atoms with Crippen LogP contribution < -0.4 is 5.46 Å². The van der Waals surface area contributed by atoms with E-state index in [9.17, 15) is 0 Å². The van der Waals surface area contributed by atoms with Crippen molar-refractivity contribution in [3.63, 3.8) is 0 Å². The van der Waals surface area contributed by atoms with Crippen LogP contribution in [0.1, 0.15) is 52.7 Å². The van der Waals surface area contributed by atoms with Crippen LogP contribution in [0.5, 0.6) is 0 Å². The number of furan rings is 1. The minimum Gasteiger partial charge on any atom is -0.455 e.